The first-order valence-electron chi connectivity index (χ1n) is 14.2. The van der Waals surface area contributed by atoms with E-state index in [1.165, 1.54) is 0 Å². The fourth-order valence-corrected chi connectivity index (χ4v) is 6.04. The monoisotopic (exact) mass is 560 g/mol. The lowest BCUT2D eigenvalue weighted by Crippen LogP contribution is -2.57. The Balaban J connectivity index is 1.36. The molecule has 0 spiro atoms. The summed E-state index contributed by atoms with van der Waals surface area (Å²) in [7, 11) is 1.69. The first-order valence-corrected chi connectivity index (χ1v) is 14.2. The number of carbonyl (C=O) groups excluding carboxylic acids is 1. The molecule has 7 nitrogen and oxygen atoms in total. The Morgan fingerprint density at radius 3 is 2.38 bits per heavy atom. The van der Waals surface area contributed by atoms with Gasteiger partial charge < -0.3 is 23.8 Å². The highest BCUT2D eigenvalue weighted by Gasteiger charge is 2.43. The summed E-state index contributed by atoms with van der Waals surface area (Å²) in [6, 6.07) is 27.7. The highest BCUT2D eigenvalue weighted by atomic mass is 16.7. The van der Waals surface area contributed by atoms with Crippen molar-refractivity contribution in [3.63, 3.8) is 0 Å². The van der Waals surface area contributed by atoms with Gasteiger partial charge in [-0.2, -0.15) is 0 Å². The maximum absolute atomic E-state index is 14.1. The largest absolute Gasteiger partial charge is 0.496 e. The van der Waals surface area contributed by atoms with Crippen molar-refractivity contribution in [2.45, 2.75) is 38.6 Å². The molecule has 1 N–H and O–H groups in total. The zero-order valence-electron chi connectivity index (χ0n) is 23.6. The highest BCUT2D eigenvalue weighted by Crippen LogP contribution is 2.44. The molecule has 7 heteroatoms. The van der Waals surface area contributed by atoms with Gasteiger partial charge in [-0.1, -0.05) is 66.7 Å². The molecule has 0 saturated carbocycles. The fourth-order valence-electron chi connectivity index (χ4n) is 6.04. The summed E-state index contributed by atoms with van der Waals surface area (Å²) in [5.74, 6) is 2.82. The van der Waals surface area contributed by atoms with Crippen LogP contribution in [-0.4, -0.2) is 30.8 Å². The van der Waals surface area contributed by atoms with E-state index in [1.54, 1.807) is 7.11 Å². The van der Waals surface area contributed by atoms with E-state index in [1.807, 2.05) is 72.5 Å². The van der Waals surface area contributed by atoms with E-state index >= 15 is 0 Å². The van der Waals surface area contributed by atoms with E-state index in [0.29, 0.717) is 36.8 Å². The Bertz CT molecular complexity index is 1670. The van der Waals surface area contributed by atoms with Crippen LogP contribution in [0.2, 0.25) is 0 Å². The molecule has 2 atom stereocenters. The van der Waals surface area contributed by atoms with Gasteiger partial charge in [0.15, 0.2) is 11.5 Å². The lowest BCUT2D eigenvalue weighted by atomic mass is 9.83. The van der Waals surface area contributed by atoms with Crippen molar-refractivity contribution in [1.82, 2.24) is 10.2 Å². The molecule has 1 fully saturated rings. The van der Waals surface area contributed by atoms with E-state index in [2.05, 4.69) is 35.7 Å². The molecule has 3 aliphatic heterocycles. The molecular weight excluding hydrogens is 528 g/mol. The predicted molar refractivity (Wildman–Crippen MR) is 159 cm³/mol. The van der Waals surface area contributed by atoms with Crippen LogP contribution in [0.5, 0.6) is 23.0 Å². The second-order valence-electron chi connectivity index (χ2n) is 10.9. The van der Waals surface area contributed by atoms with Gasteiger partial charge in [0, 0.05) is 17.3 Å². The zero-order valence-corrected chi connectivity index (χ0v) is 23.6. The summed E-state index contributed by atoms with van der Waals surface area (Å²) < 4.78 is 23.5. The molecule has 42 heavy (non-hydrogen) atoms. The van der Waals surface area contributed by atoms with E-state index in [-0.39, 0.29) is 24.8 Å². The first-order chi connectivity index (χ1) is 20.6. The molecule has 3 aliphatic rings. The third-order valence-corrected chi connectivity index (χ3v) is 8.16. The Hall–Kier alpha value is -4.75. The lowest BCUT2D eigenvalue weighted by Gasteiger charge is -2.45. The highest BCUT2D eigenvalue weighted by molar-refractivity contribution is 5.88. The van der Waals surface area contributed by atoms with Crippen LogP contribution in [-0.2, 0) is 24.4 Å². The van der Waals surface area contributed by atoms with Crippen molar-refractivity contribution in [1.29, 1.82) is 0 Å². The molecule has 3 heterocycles. The van der Waals surface area contributed by atoms with Gasteiger partial charge in [-0.3, -0.25) is 10.1 Å². The van der Waals surface area contributed by atoms with Crippen molar-refractivity contribution in [2.75, 3.05) is 13.9 Å². The molecule has 0 unspecified atom stereocenters. The van der Waals surface area contributed by atoms with Gasteiger partial charge in [0.25, 0.3) is 0 Å². The van der Waals surface area contributed by atoms with Gasteiger partial charge in [-0.15, -0.1) is 0 Å². The molecule has 0 radical (unpaired) electrons. The summed E-state index contributed by atoms with van der Waals surface area (Å²) in [6.45, 7) is 3.06. The molecule has 0 aliphatic carbocycles. The van der Waals surface area contributed by atoms with Crippen LogP contribution < -0.4 is 24.3 Å². The van der Waals surface area contributed by atoms with Gasteiger partial charge in [-0.25, -0.2) is 0 Å². The SMILES string of the molecule is COc1cc2c(cc1C)C[C@@H]1N[C@H]2/C(=C/c2cc3c(cc2OCc2ccccc2)OCO3)N(Cc2ccccc2)C1=O. The number of nitrogens with zero attached hydrogens (tertiary/aromatic N) is 1. The Morgan fingerprint density at radius 1 is 0.929 bits per heavy atom. The normalized spacial score (nSPS) is 19.5. The first kappa shape index (κ1) is 26.2. The number of aryl methyl sites for hydroxylation is 1. The average molecular weight is 561 g/mol. The maximum Gasteiger partial charge on any atom is 0.244 e. The summed E-state index contributed by atoms with van der Waals surface area (Å²) in [5, 5.41) is 3.63. The fraction of sp³-hybridized carbons (Fsp3) is 0.229. The second kappa shape index (κ2) is 10.9. The molecule has 1 saturated heterocycles. The molecular formula is C35H32N2O5. The van der Waals surface area contributed by atoms with E-state index in [4.69, 9.17) is 18.9 Å². The topological polar surface area (TPSA) is 69.3 Å². The summed E-state index contributed by atoms with van der Waals surface area (Å²) in [4.78, 5) is 16.0. The van der Waals surface area contributed by atoms with Gasteiger partial charge in [0.05, 0.1) is 25.7 Å². The van der Waals surface area contributed by atoms with Gasteiger partial charge in [0.2, 0.25) is 12.7 Å². The van der Waals surface area contributed by atoms with Crippen molar-refractivity contribution < 1.29 is 23.7 Å². The Labute approximate surface area is 245 Å². The van der Waals surface area contributed by atoms with Crippen LogP contribution >= 0.6 is 0 Å². The molecule has 212 valence electrons. The average Bonchev–Trinajstić information content (AvgIpc) is 3.48. The molecule has 0 aromatic heterocycles. The third kappa shape index (κ3) is 4.86. The van der Waals surface area contributed by atoms with Crippen LogP contribution in [0.1, 0.15) is 39.4 Å². The van der Waals surface area contributed by atoms with Gasteiger partial charge >= 0.3 is 0 Å². The molecule has 4 aromatic carbocycles. The number of carbonyl (C=O) groups is 1. The van der Waals surface area contributed by atoms with Crippen LogP contribution in [0.3, 0.4) is 0 Å². The number of hydrogen-bond donors (Lipinski definition) is 1. The standard InChI is InChI=1S/C35H32N2O5/c1-22-13-25-14-28-35(38)37(19-23-9-5-3-6-10-23)29(34(36-28)27(25)17-30(22)39-2)15-26-16-32-33(42-21-41-32)18-31(26)40-20-24-11-7-4-8-12-24/h3-13,15-18,28,34,36H,14,19-21H2,1-2H3/b29-15-/t28-,34+/m0/s1. The van der Waals surface area contributed by atoms with Crippen LogP contribution in [0, 0.1) is 6.92 Å². The lowest BCUT2D eigenvalue weighted by molar-refractivity contribution is -0.135. The molecule has 4 aromatic rings. The van der Waals surface area contributed by atoms with Crippen molar-refractivity contribution in [2.24, 2.45) is 0 Å². The third-order valence-electron chi connectivity index (χ3n) is 8.16. The summed E-state index contributed by atoms with van der Waals surface area (Å²) in [5.41, 5.74) is 7.09. The van der Waals surface area contributed by atoms with Crippen molar-refractivity contribution in [3.05, 3.63) is 124 Å². The maximum atomic E-state index is 14.1. The van der Waals surface area contributed by atoms with Crippen LogP contribution in [0.25, 0.3) is 6.08 Å². The minimum absolute atomic E-state index is 0.0490. The van der Waals surface area contributed by atoms with Crippen molar-refractivity contribution in [3.8, 4) is 23.0 Å². The van der Waals surface area contributed by atoms with Crippen molar-refractivity contribution >= 4 is 12.0 Å². The number of fused-ring (bicyclic) bond motifs is 5. The molecule has 2 bridgehead atoms. The number of ether oxygens (including phenoxy) is 4. The van der Waals surface area contributed by atoms with Crippen LogP contribution in [0.4, 0.5) is 0 Å². The van der Waals surface area contributed by atoms with Gasteiger partial charge in [-0.05, 0) is 59.4 Å². The van der Waals surface area contributed by atoms with E-state index in [9.17, 15) is 4.79 Å². The number of nitrogens with one attached hydrogen (secondary N) is 1. The zero-order chi connectivity index (χ0) is 28.6. The quantitative estimate of drug-likeness (QED) is 0.301. The minimum atomic E-state index is -0.318. The number of hydrogen-bond acceptors (Lipinski definition) is 6. The molecule has 1 amide bonds. The number of benzene rings is 4. The second-order valence-corrected chi connectivity index (χ2v) is 10.9. The Morgan fingerprint density at radius 2 is 1.64 bits per heavy atom. The Kier molecular flexibility index (Phi) is 6.80. The number of methoxy groups -OCH3 is 1. The van der Waals surface area contributed by atoms with E-state index in [0.717, 1.165) is 44.8 Å². The number of amides is 1. The summed E-state index contributed by atoms with van der Waals surface area (Å²) in [6.07, 6.45) is 2.68. The predicted octanol–water partition coefficient (Wildman–Crippen LogP) is 5.95. The number of piperazine rings is 1. The van der Waals surface area contributed by atoms with E-state index < -0.39 is 0 Å². The number of rotatable bonds is 7. The minimum Gasteiger partial charge on any atom is -0.496 e. The van der Waals surface area contributed by atoms with Crippen LogP contribution in [0.15, 0.2) is 90.6 Å². The smallest absolute Gasteiger partial charge is 0.244 e. The van der Waals surface area contributed by atoms with Gasteiger partial charge in [0.1, 0.15) is 18.1 Å². The summed E-state index contributed by atoms with van der Waals surface area (Å²) >= 11 is 0. The molecule has 7 rings (SSSR count).